The SMILES string of the molecule is N#CC1(c2cc[nH]c2)CC(=O)C1. The van der Waals surface area contributed by atoms with Crippen molar-refractivity contribution in [2.75, 3.05) is 0 Å². The molecule has 1 heterocycles. The Morgan fingerprint density at radius 1 is 1.58 bits per heavy atom. The molecule has 1 fully saturated rings. The van der Waals surface area contributed by atoms with E-state index in [4.69, 9.17) is 5.26 Å². The summed E-state index contributed by atoms with van der Waals surface area (Å²) in [6.45, 7) is 0. The summed E-state index contributed by atoms with van der Waals surface area (Å²) < 4.78 is 0. The summed E-state index contributed by atoms with van der Waals surface area (Å²) in [5.41, 5.74) is 0.418. The van der Waals surface area contributed by atoms with Crippen LogP contribution in [0, 0.1) is 11.3 Å². The van der Waals surface area contributed by atoms with Crippen molar-refractivity contribution in [3.63, 3.8) is 0 Å². The lowest BCUT2D eigenvalue weighted by Crippen LogP contribution is -2.39. The molecule has 1 aliphatic rings. The molecule has 0 radical (unpaired) electrons. The number of rotatable bonds is 1. The quantitative estimate of drug-likeness (QED) is 0.669. The molecule has 3 heteroatoms. The molecule has 0 atom stereocenters. The zero-order chi connectivity index (χ0) is 8.60. The van der Waals surface area contributed by atoms with E-state index in [1.165, 1.54) is 0 Å². The minimum atomic E-state index is -0.517. The molecule has 0 amide bonds. The minimum absolute atomic E-state index is 0.178. The van der Waals surface area contributed by atoms with Crippen molar-refractivity contribution < 1.29 is 4.79 Å². The zero-order valence-electron chi connectivity index (χ0n) is 6.50. The molecule has 1 N–H and O–H groups in total. The highest BCUT2D eigenvalue weighted by atomic mass is 16.1. The Labute approximate surface area is 70.0 Å². The van der Waals surface area contributed by atoms with E-state index in [1.807, 2.05) is 6.07 Å². The van der Waals surface area contributed by atoms with E-state index in [2.05, 4.69) is 11.1 Å². The molecule has 1 saturated carbocycles. The van der Waals surface area contributed by atoms with Gasteiger partial charge < -0.3 is 4.98 Å². The number of nitrogens with zero attached hydrogens (tertiary/aromatic N) is 1. The van der Waals surface area contributed by atoms with E-state index in [9.17, 15) is 4.79 Å². The second kappa shape index (κ2) is 2.21. The van der Waals surface area contributed by atoms with Crippen LogP contribution in [0.15, 0.2) is 18.5 Å². The fourth-order valence-electron chi connectivity index (χ4n) is 1.59. The van der Waals surface area contributed by atoms with E-state index in [0.717, 1.165) is 5.56 Å². The molecule has 60 valence electrons. The predicted octanol–water partition coefficient (Wildman–Crippen LogP) is 1.14. The first-order valence-corrected chi connectivity index (χ1v) is 3.83. The smallest absolute Gasteiger partial charge is 0.136 e. The first-order valence-electron chi connectivity index (χ1n) is 3.83. The first kappa shape index (κ1) is 7.11. The van der Waals surface area contributed by atoms with Crippen molar-refractivity contribution in [3.8, 4) is 6.07 Å². The fourth-order valence-corrected chi connectivity index (χ4v) is 1.59. The number of nitrogens with one attached hydrogen (secondary N) is 1. The van der Waals surface area contributed by atoms with Gasteiger partial charge in [-0.3, -0.25) is 4.79 Å². The summed E-state index contributed by atoms with van der Waals surface area (Å²) in [6.07, 6.45) is 4.32. The van der Waals surface area contributed by atoms with Crippen LogP contribution in [-0.2, 0) is 10.2 Å². The van der Waals surface area contributed by atoms with Crippen LogP contribution in [-0.4, -0.2) is 10.8 Å². The molecule has 1 aromatic rings. The van der Waals surface area contributed by atoms with Crippen LogP contribution >= 0.6 is 0 Å². The molecule has 0 bridgehead atoms. The van der Waals surface area contributed by atoms with Crippen molar-refractivity contribution >= 4 is 5.78 Å². The molecule has 0 aromatic carbocycles. The van der Waals surface area contributed by atoms with Gasteiger partial charge in [-0.25, -0.2) is 0 Å². The van der Waals surface area contributed by atoms with Crippen molar-refractivity contribution in [2.24, 2.45) is 0 Å². The number of ketones is 1. The highest BCUT2D eigenvalue weighted by Gasteiger charge is 2.45. The van der Waals surface area contributed by atoms with E-state index in [0.29, 0.717) is 12.8 Å². The first-order chi connectivity index (χ1) is 5.77. The van der Waals surface area contributed by atoms with Crippen LogP contribution in [0.5, 0.6) is 0 Å². The lowest BCUT2D eigenvalue weighted by atomic mass is 9.65. The molecule has 0 aliphatic heterocycles. The Bertz CT molecular complexity index is 337. The highest BCUT2D eigenvalue weighted by molar-refractivity contribution is 5.90. The lowest BCUT2D eigenvalue weighted by Gasteiger charge is -2.32. The average Bonchev–Trinajstić information content (AvgIpc) is 2.50. The Morgan fingerprint density at radius 3 is 2.75 bits per heavy atom. The van der Waals surface area contributed by atoms with Gasteiger partial charge in [-0.15, -0.1) is 0 Å². The van der Waals surface area contributed by atoms with E-state index in [-0.39, 0.29) is 5.78 Å². The van der Waals surface area contributed by atoms with Crippen LogP contribution in [0.2, 0.25) is 0 Å². The second-order valence-electron chi connectivity index (χ2n) is 3.19. The third-order valence-corrected chi connectivity index (χ3v) is 2.36. The van der Waals surface area contributed by atoms with Crippen molar-refractivity contribution in [1.29, 1.82) is 5.26 Å². The van der Waals surface area contributed by atoms with Crippen LogP contribution in [0.25, 0.3) is 0 Å². The predicted molar refractivity (Wildman–Crippen MR) is 42.3 cm³/mol. The van der Waals surface area contributed by atoms with E-state index < -0.39 is 5.41 Å². The van der Waals surface area contributed by atoms with Gasteiger partial charge in [0, 0.05) is 25.2 Å². The maximum Gasteiger partial charge on any atom is 0.136 e. The second-order valence-corrected chi connectivity index (χ2v) is 3.19. The Kier molecular flexibility index (Phi) is 1.31. The largest absolute Gasteiger partial charge is 0.367 e. The maximum absolute atomic E-state index is 10.8. The Morgan fingerprint density at radius 2 is 2.33 bits per heavy atom. The maximum atomic E-state index is 10.8. The number of nitriles is 1. The number of Topliss-reactive ketones (excluding diaryl/α,β-unsaturated/α-hetero) is 1. The van der Waals surface area contributed by atoms with Gasteiger partial charge in [0.2, 0.25) is 0 Å². The van der Waals surface area contributed by atoms with Crippen molar-refractivity contribution in [3.05, 3.63) is 24.0 Å². The monoisotopic (exact) mass is 160 g/mol. The standard InChI is InChI=1S/C9H8N2O/c10-6-9(3-8(12)4-9)7-1-2-11-5-7/h1-2,5,11H,3-4H2. The van der Waals surface area contributed by atoms with Crippen molar-refractivity contribution in [1.82, 2.24) is 4.98 Å². The van der Waals surface area contributed by atoms with Crippen LogP contribution in [0.3, 0.4) is 0 Å². The van der Waals surface area contributed by atoms with Gasteiger partial charge in [0.05, 0.1) is 11.5 Å². The molecule has 2 rings (SSSR count). The average molecular weight is 160 g/mol. The van der Waals surface area contributed by atoms with Gasteiger partial charge >= 0.3 is 0 Å². The summed E-state index contributed by atoms with van der Waals surface area (Å²) in [4.78, 5) is 13.7. The van der Waals surface area contributed by atoms with Gasteiger partial charge in [0.1, 0.15) is 5.78 Å². The molecular formula is C9H8N2O. The summed E-state index contributed by atoms with van der Waals surface area (Å²) >= 11 is 0. The lowest BCUT2D eigenvalue weighted by molar-refractivity contribution is -0.126. The van der Waals surface area contributed by atoms with E-state index >= 15 is 0 Å². The molecular weight excluding hydrogens is 152 g/mol. The number of carbonyl (C=O) groups is 1. The Hall–Kier alpha value is -1.56. The third-order valence-electron chi connectivity index (χ3n) is 2.36. The molecule has 1 aliphatic carbocycles. The Balaban J connectivity index is 2.34. The number of H-pyrrole nitrogens is 1. The summed E-state index contributed by atoms with van der Waals surface area (Å²) in [5, 5.41) is 8.91. The molecule has 0 saturated heterocycles. The third kappa shape index (κ3) is 0.782. The molecule has 3 nitrogen and oxygen atoms in total. The number of carbonyl (C=O) groups excluding carboxylic acids is 1. The fraction of sp³-hybridized carbons (Fsp3) is 0.333. The van der Waals surface area contributed by atoms with Gasteiger partial charge in [-0.2, -0.15) is 5.26 Å². The molecule has 0 spiro atoms. The minimum Gasteiger partial charge on any atom is -0.367 e. The number of hydrogen-bond donors (Lipinski definition) is 1. The summed E-state index contributed by atoms with van der Waals surface area (Å²) in [5.74, 6) is 0.178. The van der Waals surface area contributed by atoms with Crippen LogP contribution < -0.4 is 0 Å². The molecule has 1 aromatic heterocycles. The highest BCUT2D eigenvalue weighted by Crippen LogP contribution is 2.40. The van der Waals surface area contributed by atoms with Crippen LogP contribution in [0.4, 0.5) is 0 Å². The number of hydrogen-bond acceptors (Lipinski definition) is 2. The van der Waals surface area contributed by atoms with Crippen LogP contribution in [0.1, 0.15) is 18.4 Å². The topological polar surface area (TPSA) is 56.6 Å². The number of aromatic amines is 1. The molecule has 0 unspecified atom stereocenters. The van der Waals surface area contributed by atoms with Gasteiger partial charge in [-0.1, -0.05) is 0 Å². The summed E-state index contributed by atoms with van der Waals surface area (Å²) in [6, 6.07) is 4.06. The normalized spacial score (nSPS) is 19.8. The number of aromatic nitrogens is 1. The summed E-state index contributed by atoms with van der Waals surface area (Å²) in [7, 11) is 0. The van der Waals surface area contributed by atoms with E-state index in [1.54, 1.807) is 12.4 Å². The van der Waals surface area contributed by atoms with Crippen molar-refractivity contribution in [2.45, 2.75) is 18.3 Å². The van der Waals surface area contributed by atoms with Gasteiger partial charge in [0.15, 0.2) is 0 Å². The van der Waals surface area contributed by atoms with Gasteiger partial charge in [-0.05, 0) is 11.6 Å². The van der Waals surface area contributed by atoms with Gasteiger partial charge in [0.25, 0.3) is 0 Å². The zero-order valence-corrected chi connectivity index (χ0v) is 6.50. The molecule has 12 heavy (non-hydrogen) atoms.